The monoisotopic (exact) mass is 388 g/mol. The number of hydrogen-bond acceptors (Lipinski definition) is 3. The summed E-state index contributed by atoms with van der Waals surface area (Å²) in [7, 11) is 0. The van der Waals surface area contributed by atoms with Crippen LogP contribution in [-0.4, -0.2) is 24.5 Å². The van der Waals surface area contributed by atoms with E-state index in [4.69, 9.17) is 4.74 Å². The van der Waals surface area contributed by atoms with Gasteiger partial charge in [0.05, 0.1) is 11.3 Å². The molecule has 148 valence electrons. The lowest BCUT2D eigenvalue weighted by atomic mass is 10.1. The molecular formula is C24H24N2O3. The highest BCUT2D eigenvalue weighted by Crippen LogP contribution is 2.17. The van der Waals surface area contributed by atoms with Gasteiger partial charge in [0.25, 0.3) is 11.8 Å². The summed E-state index contributed by atoms with van der Waals surface area (Å²) in [6.45, 7) is 2.18. The van der Waals surface area contributed by atoms with Crippen molar-refractivity contribution in [3.8, 4) is 5.75 Å². The van der Waals surface area contributed by atoms with Gasteiger partial charge < -0.3 is 15.4 Å². The van der Waals surface area contributed by atoms with Crippen LogP contribution in [0.4, 0.5) is 5.69 Å². The highest BCUT2D eigenvalue weighted by molar-refractivity contribution is 6.04. The molecule has 0 saturated heterocycles. The topological polar surface area (TPSA) is 67.4 Å². The second kappa shape index (κ2) is 10.1. The number of carbonyl (C=O) groups excluding carboxylic acids is 2. The zero-order valence-electron chi connectivity index (χ0n) is 16.3. The summed E-state index contributed by atoms with van der Waals surface area (Å²) < 4.78 is 5.65. The van der Waals surface area contributed by atoms with Crippen LogP contribution >= 0.6 is 0 Å². The summed E-state index contributed by atoms with van der Waals surface area (Å²) in [5.41, 5.74) is 2.03. The summed E-state index contributed by atoms with van der Waals surface area (Å²) in [6, 6.07) is 26.0. The van der Waals surface area contributed by atoms with Crippen molar-refractivity contribution >= 4 is 17.5 Å². The Hall–Kier alpha value is -3.60. The van der Waals surface area contributed by atoms with Crippen molar-refractivity contribution in [2.45, 2.75) is 19.4 Å². The number of hydrogen-bond donors (Lipinski definition) is 2. The van der Waals surface area contributed by atoms with E-state index in [-0.39, 0.29) is 11.8 Å². The molecule has 0 aliphatic rings. The number of anilines is 1. The first kappa shape index (κ1) is 20.1. The average molecular weight is 388 g/mol. The average Bonchev–Trinajstić information content (AvgIpc) is 2.75. The second-order valence-corrected chi connectivity index (χ2v) is 6.60. The van der Waals surface area contributed by atoms with E-state index in [1.807, 2.05) is 48.5 Å². The van der Waals surface area contributed by atoms with Crippen molar-refractivity contribution < 1.29 is 14.3 Å². The Morgan fingerprint density at radius 3 is 2.21 bits per heavy atom. The van der Waals surface area contributed by atoms with Crippen molar-refractivity contribution in [2.24, 2.45) is 0 Å². The molecule has 3 aromatic rings. The van der Waals surface area contributed by atoms with Gasteiger partial charge in [-0.05, 0) is 43.2 Å². The third-order valence-electron chi connectivity index (χ3n) is 4.40. The molecule has 3 rings (SSSR count). The Balaban J connectivity index is 1.59. The van der Waals surface area contributed by atoms with Crippen LogP contribution in [0.15, 0.2) is 84.9 Å². The molecule has 0 unspecified atom stereocenters. The highest BCUT2D eigenvalue weighted by atomic mass is 16.5. The van der Waals surface area contributed by atoms with Crippen LogP contribution in [0.1, 0.15) is 22.8 Å². The van der Waals surface area contributed by atoms with Gasteiger partial charge in [0.1, 0.15) is 5.75 Å². The zero-order valence-corrected chi connectivity index (χ0v) is 16.3. The Labute approximate surface area is 170 Å². The van der Waals surface area contributed by atoms with Gasteiger partial charge in [-0.15, -0.1) is 0 Å². The van der Waals surface area contributed by atoms with Crippen molar-refractivity contribution in [3.63, 3.8) is 0 Å². The van der Waals surface area contributed by atoms with Crippen LogP contribution in [0, 0.1) is 0 Å². The molecule has 3 aromatic carbocycles. The molecule has 5 nitrogen and oxygen atoms in total. The summed E-state index contributed by atoms with van der Waals surface area (Å²) in [6.07, 6.45) is 0.0369. The van der Waals surface area contributed by atoms with Gasteiger partial charge in [0, 0.05) is 6.54 Å². The molecule has 0 aliphatic carbocycles. The highest BCUT2D eigenvalue weighted by Gasteiger charge is 2.18. The van der Waals surface area contributed by atoms with Crippen molar-refractivity contribution in [2.75, 3.05) is 11.9 Å². The van der Waals surface area contributed by atoms with Crippen LogP contribution in [0.2, 0.25) is 0 Å². The number of rotatable bonds is 8. The lowest BCUT2D eigenvalue weighted by Gasteiger charge is -2.16. The van der Waals surface area contributed by atoms with E-state index in [0.29, 0.717) is 23.5 Å². The Morgan fingerprint density at radius 1 is 0.862 bits per heavy atom. The van der Waals surface area contributed by atoms with Crippen LogP contribution in [0.5, 0.6) is 5.75 Å². The van der Waals surface area contributed by atoms with Gasteiger partial charge in [-0.3, -0.25) is 9.59 Å². The molecule has 0 saturated carbocycles. The maximum Gasteiger partial charge on any atom is 0.265 e. The summed E-state index contributed by atoms with van der Waals surface area (Å²) in [4.78, 5) is 25.1. The largest absolute Gasteiger partial charge is 0.481 e. The minimum absolute atomic E-state index is 0.228. The number of nitrogens with one attached hydrogen (secondary N) is 2. The summed E-state index contributed by atoms with van der Waals surface area (Å²) >= 11 is 0. The van der Waals surface area contributed by atoms with Gasteiger partial charge in [-0.2, -0.15) is 0 Å². The molecule has 0 aromatic heterocycles. The third-order valence-corrected chi connectivity index (χ3v) is 4.40. The normalized spacial score (nSPS) is 11.3. The quantitative estimate of drug-likeness (QED) is 0.611. The second-order valence-electron chi connectivity index (χ2n) is 6.60. The smallest absolute Gasteiger partial charge is 0.265 e. The van der Waals surface area contributed by atoms with Gasteiger partial charge in [0.2, 0.25) is 0 Å². The van der Waals surface area contributed by atoms with Crippen molar-refractivity contribution in [1.82, 2.24) is 5.32 Å². The third kappa shape index (κ3) is 5.94. The molecule has 0 aliphatic heterocycles. The lowest BCUT2D eigenvalue weighted by Crippen LogP contribution is -2.32. The molecule has 0 bridgehead atoms. The summed E-state index contributed by atoms with van der Waals surface area (Å²) in [5.74, 6) is 0.0638. The molecule has 0 radical (unpaired) electrons. The standard InChI is InChI=1S/C24H24N2O3/c1-18(29-20-12-6-3-7-13-20)23(27)26-22-15-9-8-14-21(22)24(28)25-17-16-19-10-4-2-5-11-19/h2-15,18H,16-17H2,1H3,(H,25,28)(H,26,27)/t18-/m0/s1. The van der Waals surface area contributed by atoms with Gasteiger partial charge in [0.15, 0.2) is 6.10 Å². The molecule has 0 fully saturated rings. The molecule has 2 amide bonds. The van der Waals surface area contributed by atoms with E-state index in [1.54, 1.807) is 43.3 Å². The van der Waals surface area contributed by atoms with Gasteiger partial charge in [-0.25, -0.2) is 0 Å². The Bertz CT molecular complexity index is 943. The fourth-order valence-corrected chi connectivity index (χ4v) is 2.84. The predicted molar refractivity (Wildman–Crippen MR) is 114 cm³/mol. The molecule has 2 N–H and O–H groups in total. The fourth-order valence-electron chi connectivity index (χ4n) is 2.84. The van der Waals surface area contributed by atoms with Crippen LogP contribution in [0.3, 0.4) is 0 Å². The van der Waals surface area contributed by atoms with Crippen molar-refractivity contribution in [1.29, 1.82) is 0 Å². The molecule has 0 spiro atoms. The van der Waals surface area contributed by atoms with E-state index in [0.717, 1.165) is 12.0 Å². The Kier molecular flexibility index (Phi) is 7.00. The maximum absolute atomic E-state index is 12.6. The van der Waals surface area contributed by atoms with Crippen molar-refractivity contribution in [3.05, 3.63) is 96.1 Å². The summed E-state index contributed by atoms with van der Waals surface area (Å²) in [5, 5.41) is 5.70. The molecule has 0 heterocycles. The van der Waals surface area contributed by atoms with E-state index >= 15 is 0 Å². The minimum atomic E-state index is -0.702. The lowest BCUT2D eigenvalue weighted by molar-refractivity contribution is -0.122. The molecular weight excluding hydrogens is 364 g/mol. The van der Waals surface area contributed by atoms with E-state index in [2.05, 4.69) is 10.6 Å². The van der Waals surface area contributed by atoms with E-state index in [1.165, 1.54) is 0 Å². The molecule has 5 heteroatoms. The number of ether oxygens (including phenoxy) is 1. The SMILES string of the molecule is C[C@H](Oc1ccccc1)C(=O)Nc1ccccc1C(=O)NCCc1ccccc1. The zero-order chi connectivity index (χ0) is 20.5. The van der Waals surface area contributed by atoms with Crippen LogP contribution in [-0.2, 0) is 11.2 Å². The molecule has 29 heavy (non-hydrogen) atoms. The number of para-hydroxylation sites is 2. The van der Waals surface area contributed by atoms with Crippen LogP contribution in [0.25, 0.3) is 0 Å². The number of carbonyl (C=O) groups is 2. The van der Waals surface area contributed by atoms with E-state index < -0.39 is 6.10 Å². The minimum Gasteiger partial charge on any atom is -0.481 e. The first-order valence-corrected chi connectivity index (χ1v) is 9.57. The first-order valence-electron chi connectivity index (χ1n) is 9.57. The predicted octanol–water partition coefficient (Wildman–Crippen LogP) is 4.07. The van der Waals surface area contributed by atoms with E-state index in [9.17, 15) is 9.59 Å². The first-order chi connectivity index (χ1) is 14.1. The maximum atomic E-state index is 12.6. The number of amides is 2. The van der Waals surface area contributed by atoms with Gasteiger partial charge in [-0.1, -0.05) is 60.7 Å². The van der Waals surface area contributed by atoms with Crippen LogP contribution < -0.4 is 15.4 Å². The number of benzene rings is 3. The molecule has 1 atom stereocenters. The van der Waals surface area contributed by atoms with Gasteiger partial charge >= 0.3 is 0 Å². The Morgan fingerprint density at radius 2 is 1.48 bits per heavy atom. The fraction of sp³-hybridized carbons (Fsp3) is 0.167.